The van der Waals surface area contributed by atoms with E-state index in [0.29, 0.717) is 0 Å². The minimum Gasteiger partial charge on any atom is -0.505 e. The van der Waals surface area contributed by atoms with Gasteiger partial charge in [0.25, 0.3) is 0 Å². The molecule has 1 saturated carbocycles. The first kappa shape index (κ1) is 13.3. The van der Waals surface area contributed by atoms with Crippen LogP contribution in [0.3, 0.4) is 0 Å². The van der Waals surface area contributed by atoms with E-state index in [1.807, 2.05) is 0 Å². The van der Waals surface area contributed by atoms with Gasteiger partial charge in [0.1, 0.15) is 0 Å². The number of nitrogens with zero attached hydrogens (tertiary/aromatic N) is 1. The number of phenols is 1. The molecule has 0 radical (unpaired) electrons. The highest BCUT2D eigenvalue weighted by molar-refractivity contribution is 5.27. The Bertz CT molecular complexity index is 388. The van der Waals surface area contributed by atoms with Crippen molar-refractivity contribution in [2.45, 2.75) is 38.6 Å². The lowest BCUT2D eigenvalue weighted by molar-refractivity contribution is 0.228. The molecule has 0 unspecified atom stereocenters. The summed E-state index contributed by atoms with van der Waals surface area (Å²) in [6.07, 6.45) is 6.74. The number of halogens is 1. The highest BCUT2D eigenvalue weighted by atomic mass is 19.1. The first-order valence-electron chi connectivity index (χ1n) is 6.81. The van der Waals surface area contributed by atoms with Crippen LogP contribution in [0, 0.1) is 11.7 Å². The third kappa shape index (κ3) is 3.70. The molecule has 2 nitrogen and oxygen atoms in total. The van der Waals surface area contributed by atoms with E-state index in [4.69, 9.17) is 5.11 Å². The van der Waals surface area contributed by atoms with Crippen LogP contribution in [0.15, 0.2) is 18.2 Å². The van der Waals surface area contributed by atoms with E-state index in [-0.39, 0.29) is 5.75 Å². The minimum atomic E-state index is -0.529. The van der Waals surface area contributed by atoms with Crippen molar-refractivity contribution in [3.63, 3.8) is 0 Å². The molecule has 100 valence electrons. The zero-order valence-corrected chi connectivity index (χ0v) is 11.0. The number of hydrogen-bond donors (Lipinski definition) is 1. The Morgan fingerprint density at radius 2 is 2.00 bits per heavy atom. The third-order valence-electron chi connectivity index (χ3n) is 3.76. The van der Waals surface area contributed by atoms with Gasteiger partial charge < -0.3 is 10.0 Å². The summed E-state index contributed by atoms with van der Waals surface area (Å²) in [6.45, 7) is 1.83. The fourth-order valence-electron chi connectivity index (χ4n) is 2.84. The van der Waals surface area contributed by atoms with Crippen LogP contribution in [0.5, 0.6) is 5.75 Å². The molecule has 0 aliphatic heterocycles. The Labute approximate surface area is 108 Å². The van der Waals surface area contributed by atoms with Gasteiger partial charge in [-0.05, 0) is 43.5 Å². The molecular formula is C15H22FNO. The summed E-state index contributed by atoms with van der Waals surface area (Å²) in [5.41, 5.74) is 0.920. The standard InChI is InChI=1S/C15H22FNO/c1-17(10-12-5-3-2-4-6-12)11-13-7-8-15(18)14(16)9-13/h7-9,12,18H,2-6,10-11H2,1H3. The third-order valence-corrected chi connectivity index (χ3v) is 3.76. The average molecular weight is 251 g/mol. The topological polar surface area (TPSA) is 23.5 Å². The lowest BCUT2D eigenvalue weighted by Gasteiger charge is -2.27. The van der Waals surface area contributed by atoms with Gasteiger partial charge in [-0.3, -0.25) is 0 Å². The Balaban J connectivity index is 1.85. The first-order chi connectivity index (χ1) is 8.65. The second kappa shape index (κ2) is 6.19. The lowest BCUT2D eigenvalue weighted by atomic mass is 9.89. The number of hydrogen-bond acceptors (Lipinski definition) is 2. The smallest absolute Gasteiger partial charge is 0.165 e. The summed E-state index contributed by atoms with van der Waals surface area (Å²) < 4.78 is 13.2. The average Bonchev–Trinajstić information content (AvgIpc) is 2.35. The number of phenolic OH excluding ortho intramolecular Hbond substituents is 1. The second-order valence-corrected chi connectivity index (χ2v) is 5.49. The van der Waals surface area contributed by atoms with E-state index in [1.54, 1.807) is 6.07 Å². The van der Waals surface area contributed by atoms with E-state index in [1.165, 1.54) is 44.2 Å². The van der Waals surface area contributed by atoms with Crippen LogP contribution < -0.4 is 0 Å². The highest BCUT2D eigenvalue weighted by Gasteiger charge is 2.15. The summed E-state index contributed by atoms with van der Waals surface area (Å²) in [5.74, 6) is -0.00189. The molecule has 0 saturated heterocycles. The van der Waals surface area contributed by atoms with Crippen molar-refractivity contribution >= 4 is 0 Å². The molecule has 1 aliphatic carbocycles. The molecule has 1 aromatic rings. The van der Waals surface area contributed by atoms with Crippen LogP contribution in [0.4, 0.5) is 4.39 Å². The molecule has 1 N–H and O–H groups in total. The van der Waals surface area contributed by atoms with Crippen molar-refractivity contribution in [1.29, 1.82) is 0 Å². The molecule has 2 rings (SSSR count). The van der Waals surface area contributed by atoms with Crippen molar-refractivity contribution in [2.75, 3.05) is 13.6 Å². The van der Waals surface area contributed by atoms with Gasteiger partial charge in [0.15, 0.2) is 11.6 Å². The number of rotatable bonds is 4. The highest BCUT2D eigenvalue weighted by Crippen LogP contribution is 2.24. The molecule has 0 amide bonds. The van der Waals surface area contributed by atoms with E-state index in [9.17, 15) is 4.39 Å². The zero-order valence-electron chi connectivity index (χ0n) is 11.0. The molecule has 3 heteroatoms. The van der Waals surface area contributed by atoms with Gasteiger partial charge in [-0.1, -0.05) is 25.3 Å². The van der Waals surface area contributed by atoms with Crippen molar-refractivity contribution in [1.82, 2.24) is 4.90 Å². The SMILES string of the molecule is CN(Cc1ccc(O)c(F)c1)CC1CCCCC1. The van der Waals surface area contributed by atoms with Crippen LogP contribution in [-0.2, 0) is 6.54 Å². The first-order valence-corrected chi connectivity index (χ1v) is 6.81. The maximum atomic E-state index is 13.2. The van der Waals surface area contributed by atoms with Crippen LogP contribution in [-0.4, -0.2) is 23.6 Å². The largest absolute Gasteiger partial charge is 0.505 e. The molecular weight excluding hydrogens is 229 g/mol. The molecule has 1 aromatic carbocycles. The van der Waals surface area contributed by atoms with Crippen molar-refractivity contribution in [2.24, 2.45) is 5.92 Å². The molecule has 0 bridgehead atoms. The summed E-state index contributed by atoms with van der Waals surface area (Å²) in [6, 6.07) is 4.64. The van der Waals surface area contributed by atoms with Gasteiger partial charge in [0, 0.05) is 13.1 Å². The molecule has 0 aromatic heterocycles. The van der Waals surface area contributed by atoms with Crippen LogP contribution in [0.2, 0.25) is 0 Å². The molecule has 0 atom stereocenters. The van der Waals surface area contributed by atoms with Crippen LogP contribution >= 0.6 is 0 Å². The minimum absolute atomic E-state index is 0.270. The molecule has 1 aliphatic rings. The van der Waals surface area contributed by atoms with E-state index >= 15 is 0 Å². The van der Waals surface area contributed by atoms with Gasteiger partial charge >= 0.3 is 0 Å². The van der Waals surface area contributed by atoms with Crippen molar-refractivity contribution in [3.8, 4) is 5.75 Å². The van der Waals surface area contributed by atoms with Crippen LogP contribution in [0.1, 0.15) is 37.7 Å². The van der Waals surface area contributed by atoms with Gasteiger partial charge in [0.2, 0.25) is 0 Å². The van der Waals surface area contributed by atoms with E-state index < -0.39 is 5.82 Å². The number of benzene rings is 1. The quantitative estimate of drug-likeness (QED) is 0.884. The predicted molar refractivity (Wildman–Crippen MR) is 71.0 cm³/mol. The maximum absolute atomic E-state index is 13.2. The Hall–Kier alpha value is -1.09. The number of aromatic hydroxyl groups is 1. The molecule has 0 heterocycles. The molecule has 1 fully saturated rings. The van der Waals surface area contributed by atoms with Crippen molar-refractivity contribution in [3.05, 3.63) is 29.6 Å². The van der Waals surface area contributed by atoms with Crippen molar-refractivity contribution < 1.29 is 9.50 Å². The van der Waals surface area contributed by atoms with E-state index in [0.717, 1.165) is 24.6 Å². The fourth-order valence-corrected chi connectivity index (χ4v) is 2.84. The Kier molecular flexibility index (Phi) is 4.59. The predicted octanol–water partition coefficient (Wildman–Crippen LogP) is 3.54. The normalized spacial score (nSPS) is 17.3. The van der Waals surface area contributed by atoms with Gasteiger partial charge in [-0.25, -0.2) is 4.39 Å². The van der Waals surface area contributed by atoms with Crippen LogP contribution in [0.25, 0.3) is 0 Å². The summed E-state index contributed by atoms with van der Waals surface area (Å²) in [7, 11) is 2.08. The second-order valence-electron chi connectivity index (χ2n) is 5.49. The van der Waals surface area contributed by atoms with Gasteiger partial charge in [-0.15, -0.1) is 0 Å². The van der Waals surface area contributed by atoms with Gasteiger partial charge in [-0.2, -0.15) is 0 Å². The van der Waals surface area contributed by atoms with E-state index in [2.05, 4.69) is 11.9 Å². The summed E-state index contributed by atoms with van der Waals surface area (Å²) in [5, 5.41) is 9.15. The van der Waals surface area contributed by atoms with Gasteiger partial charge in [0.05, 0.1) is 0 Å². The summed E-state index contributed by atoms with van der Waals surface area (Å²) >= 11 is 0. The molecule has 0 spiro atoms. The Morgan fingerprint density at radius 1 is 1.28 bits per heavy atom. The summed E-state index contributed by atoms with van der Waals surface area (Å²) in [4.78, 5) is 2.25. The molecule has 18 heavy (non-hydrogen) atoms. The monoisotopic (exact) mass is 251 g/mol. The Morgan fingerprint density at radius 3 is 2.67 bits per heavy atom. The zero-order chi connectivity index (χ0) is 13.0. The lowest BCUT2D eigenvalue weighted by Crippen LogP contribution is -2.26. The maximum Gasteiger partial charge on any atom is 0.165 e. The fraction of sp³-hybridized carbons (Fsp3) is 0.600.